The molecule has 38 heavy (non-hydrogen) atoms. The highest BCUT2D eigenvalue weighted by Gasteiger charge is 2.49. The zero-order valence-electron chi connectivity index (χ0n) is 21.7. The maximum Gasteiger partial charge on any atom is 0.515 e. The molecule has 0 spiro atoms. The predicted molar refractivity (Wildman–Crippen MR) is 142 cm³/mol. The van der Waals surface area contributed by atoms with Crippen molar-refractivity contribution in [3.63, 3.8) is 0 Å². The number of hydrogen-bond donors (Lipinski definition) is 0. The Labute approximate surface area is 223 Å². The van der Waals surface area contributed by atoms with Gasteiger partial charge >= 0.3 is 6.16 Å². The van der Waals surface area contributed by atoms with Gasteiger partial charge in [-0.3, -0.25) is 0 Å². The average Bonchev–Trinajstić information content (AvgIpc) is 2.92. The summed E-state index contributed by atoms with van der Waals surface area (Å²) in [5.41, 5.74) is 2.97. The van der Waals surface area contributed by atoms with Crippen molar-refractivity contribution in [2.24, 2.45) is 0 Å². The van der Waals surface area contributed by atoms with Crippen molar-refractivity contribution in [1.29, 1.82) is 0 Å². The number of carbonyl (C=O) groups excluding carboxylic acids is 1. The summed E-state index contributed by atoms with van der Waals surface area (Å²) in [6, 6.07) is 29.4. The van der Waals surface area contributed by atoms with E-state index in [1.54, 1.807) is 6.92 Å². The Kier molecular flexibility index (Phi) is 10.1. The maximum atomic E-state index is 12.4. The standard InChI is InChI=1S/C31H34O7/c1-22(2)36-31(32)38-30-29(35-21-26-17-11-6-12-18-26)28(34-20-25-15-9-5-10-16-25)27(23(3)37-30)33-19-24-13-7-4-8-14-24/h4-18,23,27-30H,1,19-21H2,2-3H3/t23-,27+,28+,29-,30+/m0/s1. The Morgan fingerprint density at radius 1 is 0.711 bits per heavy atom. The molecule has 1 heterocycles. The van der Waals surface area contributed by atoms with Gasteiger partial charge in [-0.15, -0.1) is 0 Å². The van der Waals surface area contributed by atoms with Gasteiger partial charge in [0.25, 0.3) is 0 Å². The molecule has 4 rings (SSSR count). The Balaban J connectivity index is 1.59. The van der Waals surface area contributed by atoms with Crippen LogP contribution in [-0.2, 0) is 48.2 Å². The van der Waals surface area contributed by atoms with Crippen molar-refractivity contribution < 1.29 is 33.2 Å². The summed E-state index contributed by atoms with van der Waals surface area (Å²) in [5.74, 6) is 0.210. The van der Waals surface area contributed by atoms with Gasteiger partial charge in [-0.25, -0.2) is 4.79 Å². The molecule has 0 aliphatic carbocycles. The monoisotopic (exact) mass is 518 g/mol. The van der Waals surface area contributed by atoms with Crippen LogP contribution in [0.2, 0.25) is 0 Å². The van der Waals surface area contributed by atoms with E-state index < -0.39 is 36.9 Å². The van der Waals surface area contributed by atoms with Crippen LogP contribution >= 0.6 is 0 Å². The van der Waals surface area contributed by atoms with Crippen LogP contribution < -0.4 is 0 Å². The molecule has 0 N–H and O–H groups in total. The largest absolute Gasteiger partial charge is 0.515 e. The van der Waals surface area contributed by atoms with Crippen LogP contribution in [0.3, 0.4) is 0 Å². The second kappa shape index (κ2) is 13.9. The van der Waals surface area contributed by atoms with E-state index in [0.717, 1.165) is 16.7 Å². The highest BCUT2D eigenvalue weighted by Crippen LogP contribution is 2.31. The first-order valence-electron chi connectivity index (χ1n) is 12.7. The number of rotatable bonds is 11. The second-order valence-corrected chi connectivity index (χ2v) is 9.17. The van der Waals surface area contributed by atoms with Crippen LogP contribution in [0.1, 0.15) is 30.5 Å². The van der Waals surface area contributed by atoms with Gasteiger partial charge in [0.2, 0.25) is 6.29 Å². The molecule has 0 amide bonds. The minimum Gasteiger partial charge on any atom is -0.401 e. The van der Waals surface area contributed by atoms with Crippen LogP contribution in [0.4, 0.5) is 4.79 Å². The summed E-state index contributed by atoms with van der Waals surface area (Å²) in [4.78, 5) is 12.4. The third kappa shape index (κ3) is 8.00. The molecule has 1 fully saturated rings. The van der Waals surface area contributed by atoms with E-state index in [9.17, 15) is 4.79 Å². The van der Waals surface area contributed by atoms with E-state index in [-0.39, 0.29) is 12.4 Å². The lowest BCUT2D eigenvalue weighted by Gasteiger charge is -2.44. The lowest BCUT2D eigenvalue weighted by Crippen LogP contribution is -2.60. The van der Waals surface area contributed by atoms with Gasteiger partial charge in [0, 0.05) is 0 Å². The minimum absolute atomic E-state index is 0.210. The van der Waals surface area contributed by atoms with Gasteiger partial charge in [-0.1, -0.05) is 97.6 Å². The average molecular weight is 519 g/mol. The van der Waals surface area contributed by atoms with Crippen molar-refractivity contribution in [3.8, 4) is 0 Å². The van der Waals surface area contributed by atoms with Crippen molar-refractivity contribution in [1.82, 2.24) is 0 Å². The molecule has 3 aromatic carbocycles. The van der Waals surface area contributed by atoms with Gasteiger partial charge in [-0.2, -0.15) is 0 Å². The van der Waals surface area contributed by atoms with E-state index >= 15 is 0 Å². The number of allylic oxidation sites excluding steroid dienone is 1. The first kappa shape index (κ1) is 27.5. The zero-order chi connectivity index (χ0) is 26.7. The molecule has 0 radical (unpaired) electrons. The van der Waals surface area contributed by atoms with Crippen LogP contribution in [-0.4, -0.2) is 36.9 Å². The van der Waals surface area contributed by atoms with Crippen molar-refractivity contribution in [2.75, 3.05) is 0 Å². The lowest BCUT2D eigenvalue weighted by atomic mass is 9.98. The lowest BCUT2D eigenvalue weighted by molar-refractivity contribution is -0.309. The fourth-order valence-electron chi connectivity index (χ4n) is 4.22. The number of carbonyl (C=O) groups is 1. The molecular weight excluding hydrogens is 484 g/mol. The zero-order valence-corrected chi connectivity index (χ0v) is 21.7. The SMILES string of the molecule is C=C(C)OC(=O)O[C@H]1O[C@@H](C)[C@@H](OCc2ccccc2)[C@@H](OCc2ccccc2)[C@@H]1OCc1ccccc1. The highest BCUT2D eigenvalue weighted by atomic mass is 16.8. The van der Waals surface area contributed by atoms with E-state index in [1.165, 1.54) is 0 Å². The molecule has 1 saturated heterocycles. The molecule has 5 atom stereocenters. The summed E-state index contributed by atoms with van der Waals surface area (Å²) in [7, 11) is 0. The third-order valence-corrected chi connectivity index (χ3v) is 6.05. The van der Waals surface area contributed by atoms with Gasteiger partial charge in [0.15, 0.2) is 0 Å². The van der Waals surface area contributed by atoms with Gasteiger partial charge in [-0.05, 0) is 30.5 Å². The summed E-state index contributed by atoms with van der Waals surface area (Å²) >= 11 is 0. The highest BCUT2D eigenvalue weighted by molar-refractivity contribution is 5.61. The fraction of sp³-hybridized carbons (Fsp3) is 0.323. The molecular formula is C31H34O7. The molecule has 1 aliphatic heterocycles. The second-order valence-electron chi connectivity index (χ2n) is 9.17. The smallest absolute Gasteiger partial charge is 0.401 e. The molecule has 0 unspecified atom stereocenters. The predicted octanol–water partition coefficient (Wildman–Crippen LogP) is 6.17. The van der Waals surface area contributed by atoms with Crippen LogP contribution in [0.5, 0.6) is 0 Å². The van der Waals surface area contributed by atoms with Crippen LogP contribution in [0.15, 0.2) is 103 Å². The first-order valence-corrected chi connectivity index (χ1v) is 12.7. The summed E-state index contributed by atoms with van der Waals surface area (Å²) in [6.07, 6.45) is -4.40. The number of ether oxygens (including phenoxy) is 6. The Morgan fingerprint density at radius 3 is 1.58 bits per heavy atom. The molecule has 0 bridgehead atoms. The quantitative estimate of drug-likeness (QED) is 0.222. The number of benzene rings is 3. The van der Waals surface area contributed by atoms with E-state index in [1.807, 2.05) is 97.9 Å². The molecule has 3 aromatic rings. The number of hydrogen-bond acceptors (Lipinski definition) is 7. The molecule has 7 heteroatoms. The van der Waals surface area contributed by atoms with Gasteiger partial charge in [0.1, 0.15) is 24.1 Å². The minimum atomic E-state index is -1.09. The summed E-state index contributed by atoms with van der Waals surface area (Å²) < 4.78 is 35.9. The molecule has 0 saturated carbocycles. The summed E-state index contributed by atoms with van der Waals surface area (Å²) in [6.45, 7) is 7.97. The van der Waals surface area contributed by atoms with Crippen molar-refractivity contribution in [3.05, 3.63) is 120 Å². The summed E-state index contributed by atoms with van der Waals surface area (Å²) in [5, 5.41) is 0. The normalized spacial score (nSPS) is 22.9. The van der Waals surface area contributed by atoms with E-state index in [0.29, 0.717) is 13.2 Å². The molecule has 1 aliphatic rings. The molecule has 7 nitrogen and oxygen atoms in total. The van der Waals surface area contributed by atoms with Crippen molar-refractivity contribution in [2.45, 2.75) is 64.4 Å². The topological polar surface area (TPSA) is 72.5 Å². The Bertz CT molecular complexity index is 1140. The van der Waals surface area contributed by atoms with Gasteiger partial charge < -0.3 is 28.4 Å². The molecule has 200 valence electrons. The Hall–Kier alpha value is -3.49. The van der Waals surface area contributed by atoms with Crippen LogP contribution in [0, 0.1) is 0 Å². The third-order valence-electron chi connectivity index (χ3n) is 6.05. The maximum absolute atomic E-state index is 12.4. The van der Waals surface area contributed by atoms with Crippen LogP contribution in [0.25, 0.3) is 0 Å². The Morgan fingerprint density at radius 2 is 1.13 bits per heavy atom. The molecule has 0 aromatic heterocycles. The van der Waals surface area contributed by atoms with Crippen molar-refractivity contribution >= 4 is 6.16 Å². The fourth-order valence-corrected chi connectivity index (χ4v) is 4.22. The van der Waals surface area contributed by atoms with E-state index in [2.05, 4.69) is 6.58 Å². The van der Waals surface area contributed by atoms with Gasteiger partial charge in [0.05, 0.1) is 25.9 Å². The first-order chi connectivity index (χ1) is 18.5. The van der Waals surface area contributed by atoms with E-state index in [4.69, 9.17) is 28.4 Å².